The van der Waals surface area contributed by atoms with Gasteiger partial charge >= 0.3 is 11.9 Å². The van der Waals surface area contributed by atoms with E-state index in [0.29, 0.717) is 152 Å². The summed E-state index contributed by atoms with van der Waals surface area (Å²) in [7, 11) is 4.70. The zero-order valence-corrected chi connectivity index (χ0v) is 61.7. The number of esters is 2. The van der Waals surface area contributed by atoms with Gasteiger partial charge in [-0.2, -0.15) is 15.3 Å². The molecule has 29 heteroatoms. The fourth-order valence-electron chi connectivity index (χ4n) is 14.3. The first-order chi connectivity index (χ1) is 53.2. The first-order valence-electron chi connectivity index (χ1n) is 36.7. The summed E-state index contributed by atoms with van der Waals surface area (Å²) in [4.78, 5) is 126. The maximum atomic E-state index is 13.9. The fourth-order valence-corrected chi connectivity index (χ4v) is 14.3. The van der Waals surface area contributed by atoms with Gasteiger partial charge in [0.2, 0.25) is 17.7 Å². The van der Waals surface area contributed by atoms with Crippen LogP contribution in [0.1, 0.15) is 151 Å². The molecular weight excluding hydrogens is 1410 g/mol. The second kappa shape index (κ2) is 33.3. The van der Waals surface area contributed by atoms with E-state index in [1.54, 1.807) is 130 Å². The highest BCUT2D eigenvalue weighted by Crippen LogP contribution is 2.37. The van der Waals surface area contributed by atoms with Crippen molar-refractivity contribution in [1.29, 1.82) is 0 Å². The van der Waals surface area contributed by atoms with E-state index in [1.807, 2.05) is 72.8 Å². The van der Waals surface area contributed by atoms with Crippen LogP contribution in [0.4, 0.5) is 34.1 Å². The maximum absolute atomic E-state index is 13.9. The Kier molecular flexibility index (Phi) is 22.9. The van der Waals surface area contributed by atoms with Crippen LogP contribution >= 0.6 is 0 Å². The first kappa shape index (κ1) is 75.7. The second-order valence-corrected chi connectivity index (χ2v) is 27.2. The molecule has 0 bridgehead atoms. The monoisotopic (exact) mass is 1500 g/mol. The van der Waals surface area contributed by atoms with E-state index in [2.05, 4.69) is 15.3 Å². The molecule has 0 aliphatic carbocycles. The predicted molar refractivity (Wildman–Crippen MR) is 407 cm³/mol. The normalized spacial score (nSPS) is 16.2. The molecule has 3 aromatic heterocycles. The Balaban J connectivity index is 0.000000145. The summed E-state index contributed by atoms with van der Waals surface area (Å²) in [6.07, 6.45) is 7.03. The summed E-state index contributed by atoms with van der Waals surface area (Å²) in [5, 5.41) is 32.2. The van der Waals surface area contributed by atoms with E-state index in [9.17, 15) is 53.4 Å². The molecule has 29 nitrogen and oxygen atoms in total. The van der Waals surface area contributed by atoms with E-state index in [0.717, 1.165) is 55.6 Å². The molecule has 3 fully saturated rings. The van der Waals surface area contributed by atoms with Crippen molar-refractivity contribution >= 4 is 87.4 Å². The maximum Gasteiger partial charge on any atom is 0.359 e. The SMILES string of the molecule is COc1ccc(-n2nc(C(=O)OC(C)CO)c3c2C(=O)N(c2ccc(N4CCCCC4=O)cc2)CC3)cc1.COc1ccc(-n2nc(C(=O)OCC(C)O)c3c2C(=O)N(c2ccc(N4CCCCC4=O)cc2)CC3)cc1.COc1ccc(-n2nc(C(N)=O)c3c2C(=O)N(c2ccc(N4CCCCC4=O)cc2)CC3)cc1. The number of benzene rings is 6. The quantitative estimate of drug-likeness (QED) is 0.0635. The van der Waals surface area contributed by atoms with Crippen molar-refractivity contribution < 1.29 is 77.0 Å². The topological polar surface area (TPSA) is 339 Å². The van der Waals surface area contributed by atoms with Gasteiger partial charge in [0.1, 0.15) is 47.0 Å². The zero-order valence-electron chi connectivity index (χ0n) is 61.7. The lowest BCUT2D eigenvalue weighted by molar-refractivity contribution is -0.120. The van der Waals surface area contributed by atoms with Gasteiger partial charge in [-0.1, -0.05) is 0 Å². The number of aliphatic hydroxyl groups excluding tert-OH is 2. The number of nitrogens with two attached hydrogens (primary N) is 1. The van der Waals surface area contributed by atoms with E-state index in [4.69, 9.17) is 29.4 Å². The molecule has 6 aromatic carbocycles. The summed E-state index contributed by atoms with van der Waals surface area (Å²) >= 11 is 0. The zero-order chi connectivity index (χ0) is 77.4. The smallest absolute Gasteiger partial charge is 0.359 e. The summed E-state index contributed by atoms with van der Waals surface area (Å²) in [6.45, 7) is 5.79. The van der Waals surface area contributed by atoms with Crippen molar-refractivity contribution in [3.8, 4) is 34.3 Å². The number of aliphatic hydroxyl groups is 2. The van der Waals surface area contributed by atoms with Crippen LogP contribution in [0.2, 0.25) is 0 Å². The highest BCUT2D eigenvalue weighted by atomic mass is 16.6. The average Bonchev–Trinajstić information content (AvgIpc) is 1.61. The van der Waals surface area contributed by atoms with Gasteiger partial charge in [-0.15, -0.1) is 0 Å². The number of carbonyl (C=O) groups excluding carboxylic acids is 9. The molecule has 6 aliphatic rings. The number of piperidine rings is 3. The van der Waals surface area contributed by atoms with E-state index in [1.165, 1.54) is 21.0 Å². The van der Waals surface area contributed by atoms with Crippen LogP contribution < -0.4 is 49.3 Å². The number of amides is 7. The molecule has 0 spiro atoms. The fraction of sp³-hybridized carbons (Fsp3) is 0.333. The molecule has 9 aromatic rings. The van der Waals surface area contributed by atoms with Crippen molar-refractivity contribution in [3.05, 3.63) is 196 Å². The third-order valence-corrected chi connectivity index (χ3v) is 20.0. The Labute approximate surface area is 633 Å². The van der Waals surface area contributed by atoms with Crippen molar-refractivity contribution in [2.45, 2.75) is 103 Å². The molecule has 3 saturated heterocycles. The Morgan fingerprint density at radius 3 is 0.955 bits per heavy atom. The minimum atomic E-state index is -0.821. The third-order valence-electron chi connectivity index (χ3n) is 20.0. The van der Waals surface area contributed by atoms with Gasteiger partial charge in [0.05, 0.1) is 51.1 Å². The van der Waals surface area contributed by atoms with Crippen molar-refractivity contribution in [2.24, 2.45) is 5.73 Å². The summed E-state index contributed by atoms with van der Waals surface area (Å²) in [6, 6.07) is 43.4. The number of hydrogen-bond donors (Lipinski definition) is 3. The minimum absolute atomic E-state index is 0.0584. The standard InChI is InChI=1S/2C28H30N4O6.C25H25N5O4/c1-18(33)17-38-28(36)25-23-14-16-31(20-8-6-19(7-9-20)30-15-4-3-5-24(30)34)27(35)26(23)32(29-25)21-10-12-22(37-2)13-11-21;1-18(17-33)38-28(36)25-23-14-16-31(20-8-6-19(7-9-20)30-15-4-3-5-24(30)34)27(35)26(23)32(29-25)21-10-12-22(37-2)13-11-21;1-34-19-11-9-18(10-12-19)30-23-20(22(27-30)24(26)32)13-15-29(25(23)33)17-7-5-16(6-8-17)28-14-3-2-4-21(28)31/h2*6-13,18,33H,3-5,14-17H2,1-2H3;5-12H,2-4,13-15H2,1H3,(H2,26,32). The van der Waals surface area contributed by atoms with Crippen LogP contribution in [0.25, 0.3) is 17.1 Å². The summed E-state index contributed by atoms with van der Waals surface area (Å²) in [5.41, 5.74) is 14.6. The van der Waals surface area contributed by atoms with Crippen LogP contribution in [0.15, 0.2) is 146 Å². The number of anilines is 6. The number of hydrogen-bond acceptors (Lipinski definition) is 19. The minimum Gasteiger partial charge on any atom is -0.497 e. The van der Waals surface area contributed by atoms with Crippen molar-refractivity contribution in [2.75, 3.05) is 103 Å². The first-order valence-corrected chi connectivity index (χ1v) is 36.7. The molecule has 110 heavy (non-hydrogen) atoms. The van der Waals surface area contributed by atoms with Gasteiger partial charge < -0.3 is 69.0 Å². The number of nitrogens with zero attached hydrogens (tertiary/aromatic N) is 12. The molecule has 2 unspecified atom stereocenters. The Bertz CT molecular complexity index is 4940. The molecule has 0 radical (unpaired) electrons. The lowest BCUT2D eigenvalue weighted by Gasteiger charge is -2.29. The number of aromatic nitrogens is 6. The van der Waals surface area contributed by atoms with Crippen LogP contribution in [0, 0.1) is 0 Å². The van der Waals surface area contributed by atoms with Gasteiger partial charge in [0.15, 0.2) is 17.1 Å². The van der Waals surface area contributed by atoms with Crippen LogP contribution in [-0.4, -0.2) is 179 Å². The third kappa shape index (κ3) is 15.8. The summed E-state index contributed by atoms with van der Waals surface area (Å²) < 4.78 is 30.7. The van der Waals surface area contributed by atoms with Crippen LogP contribution in [-0.2, 0) is 43.1 Å². The molecule has 7 amide bonds. The van der Waals surface area contributed by atoms with Gasteiger partial charge in [-0.3, -0.25) is 33.6 Å². The lowest BCUT2D eigenvalue weighted by atomic mass is 10.0. The molecule has 2 atom stereocenters. The Morgan fingerprint density at radius 1 is 0.391 bits per heavy atom. The molecule has 9 heterocycles. The van der Waals surface area contributed by atoms with E-state index < -0.39 is 30.1 Å². The Morgan fingerprint density at radius 2 is 0.673 bits per heavy atom. The molecule has 4 N–H and O–H groups in total. The van der Waals surface area contributed by atoms with Crippen molar-refractivity contribution in [3.63, 3.8) is 0 Å². The van der Waals surface area contributed by atoms with Crippen LogP contribution in [0.3, 0.4) is 0 Å². The number of methoxy groups -OCH3 is 3. The summed E-state index contributed by atoms with van der Waals surface area (Å²) in [5.74, 6) is -0.603. The van der Waals surface area contributed by atoms with Gasteiger partial charge in [0.25, 0.3) is 23.6 Å². The highest BCUT2D eigenvalue weighted by Gasteiger charge is 2.40. The molecule has 570 valence electrons. The number of fused-ring (bicyclic) bond motifs is 3. The Hall–Kier alpha value is -12.5. The van der Waals surface area contributed by atoms with E-state index in [-0.39, 0.29) is 77.1 Å². The van der Waals surface area contributed by atoms with Gasteiger partial charge in [-0.25, -0.2) is 23.6 Å². The largest absolute Gasteiger partial charge is 0.497 e. The van der Waals surface area contributed by atoms with Gasteiger partial charge in [-0.05, 0) is 217 Å². The number of primary amides is 1. The molecule has 15 rings (SSSR count). The number of ether oxygens (including phenoxy) is 5. The van der Waals surface area contributed by atoms with Gasteiger partial charge in [0, 0.05) is 109 Å². The molecule has 0 saturated carbocycles. The van der Waals surface area contributed by atoms with E-state index >= 15 is 0 Å². The van der Waals surface area contributed by atoms with Crippen molar-refractivity contribution in [1.82, 2.24) is 29.3 Å². The number of rotatable bonds is 19. The highest BCUT2D eigenvalue weighted by molar-refractivity contribution is 6.12. The predicted octanol–water partition coefficient (Wildman–Crippen LogP) is 8.98. The molecule has 6 aliphatic heterocycles. The molecular formula is C81H85N13O16. The lowest BCUT2D eigenvalue weighted by Crippen LogP contribution is -2.39. The van der Waals surface area contributed by atoms with Crippen LogP contribution in [0.5, 0.6) is 17.2 Å². The number of carbonyl (C=O) groups is 9. The second-order valence-electron chi connectivity index (χ2n) is 27.2. The average molecular weight is 1500 g/mol.